The Hall–Kier alpha value is -3.02. The highest BCUT2D eigenvalue weighted by Gasteiger charge is 2.24. The van der Waals surface area contributed by atoms with Crippen molar-refractivity contribution in [3.05, 3.63) is 87.9 Å². The van der Waals surface area contributed by atoms with Gasteiger partial charge in [0.25, 0.3) is 5.91 Å². The number of halogens is 2. The van der Waals surface area contributed by atoms with Crippen molar-refractivity contribution in [1.82, 2.24) is 4.90 Å². The van der Waals surface area contributed by atoms with E-state index < -0.39 is 17.6 Å². The van der Waals surface area contributed by atoms with Crippen molar-refractivity contribution in [2.75, 3.05) is 13.7 Å². The fourth-order valence-electron chi connectivity index (χ4n) is 2.60. The molecular formula is C26H27Cl2NO4. The van der Waals surface area contributed by atoms with E-state index in [1.165, 1.54) is 6.08 Å². The van der Waals surface area contributed by atoms with Crippen LogP contribution in [0.5, 0.6) is 5.75 Å². The van der Waals surface area contributed by atoms with Gasteiger partial charge < -0.3 is 9.47 Å². The Bertz CT molecular complexity index is 1050. The van der Waals surface area contributed by atoms with Gasteiger partial charge >= 0.3 is 6.09 Å². The number of carbonyl (C=O) groups excluding carboxylic acids is 2. The van der Waals surface area contributed by atoms with Crippen molar-refractivity contribution < 1.29 is 19.1 Å². The lowest BCUT2D eigenvalue weighted by Gasteiger charge is -2.24. The van der Waals surface area contributed by atoms with E-state index in [-0.39, 0.29) is 6.54 Å². The maximum atomic E-state index is 12.7. The second-order valence-corrected chi connectivity index (χ2v) is 8.83. The molecule has 0 heterocycles. The Balaban J connectivity index is 2.11. The van der Waals surface area contributed by atoms with Gasteiger partial charge in [-0.15, -0.1) is 0 Å². The van der Waals surface area contributed by atoms with Crippen LogP contribution < -0.4 is 4.74 Å². The van der Waals surface area contributed by atoms with Gasteiger partial charge in [0.1, 0.15) is 11.4 Å². The van der Waals surface area contributed by atoms with Gasteiger partial charge in [0.05, 0.1) is 18.7 Å². The van der Waals surface area contributed by atoms with Gasteiger partial charge in [-0.3, -0.25) is 4.79 Å². The lowest BCUT2D eigenvalue weighted by atomic mass is 10.2. The second-order valence-electron chi connectivity index (χ2n) is 7.99. The third kappa shape index (κ3) is 9.16. The van der Waals surface area contributed by atoms with E-state index in [0.29, 0.717) is 15.8 Å². The Morgan fingerprint density at radius 3 is 2.30 bits per heavy atom. The summed E-state index contributed by atoms with van der Waals surface area (Å²) < 4.78 is 10.5. The molecule has 0 aromatic heterocycles. The first-order valence-corrected chi connectivity index (χ1v) is 11.0. The van der Waals surface area contributed by atoms with E-state index in [2.05, 4.69) is 0 Å². The van der Waals surface area contributed by atoms with Crippen LogP contribution in [0, 0.1) is 0 Å². The van der Waals surface area contributed by atoms with E-state index in [1.54, 1.807) is 82.5 Å². The van der Waals surface area contributed by atoms with Crippen LogP contribution >= 0.6 is 23.2 Å². The predicted molar refractivity (Wildman–Crippen MR) is 135 cm³/mol. The maximum Gasteiger partial charge on any atom is 0.417 e. The first-order valence-electron chi connectivity index (χ1n) is 10.2. The molecule has 0 unspecified atom stereocenters. The molecule has 2 rings (SSSR count). The number of hydrogen-bond donors (Lipinski definition) is 0. The fourth-order valence-corrected chi connectivity index (χ4v) is 2.96. The Morgan fingerprint density at radius 1 is 1.00 bits per heavy atom. The molecule has 0 saturated carbocycles. The number of carbonyl (C=O) groups is 2. The summed E-state index contributed by atoms with van der Waals surface area (Å²) in [5.41, 5.74) is 0.930. The summed E-state index contributed by atoms with van der Waals surface area (Å²) in [5.74, 6) is 0.151. The van der Waals surface area contributed by atoms with Crippen LogP contribution in [0.2, 0.25) is 10.0 Å². The molecule has 0 aliphatic rings. The zero-order valence-electron chi connectivity index (χ0n) is 19.0. The number of nitrogens with zero attached hydrogens (tertiary/aromatic N) is 1. The average molecular weight is 488 g/mol. The first kappa shape index (κ1) is 26.2. The zero-order chi connectivity index (χ0) is 24.4. The van der Waals surface area contributed by atoms with Crippen LogP contribution in [0.15, 0.2) is 66.8 Å². The monoisotopic (exact) mass is 487 g/mol. The minimum Gasteiger partial charge on any atom is -0.497 e. The predicted octanol–water partition coefficient (Wildman–Crippen LogP) is 7.05. The average Bonchev–Trinajstić information content (AvgIpc) is 2.74. The summed E-state index contributed by atoms with van der Waals surface area (Å²) in [6.07, 6.45) is 9.06. The van der Waals surface area contributed by atoms with Crippen molar-refractivity contribution >= 4 is 47.4 Å². The molecule has 7 heteroatoms. The van der Waals surface area contributed by atoms with E-state index >= 15 is 0 Å². The van der Waals surface area contributed by atoms with Crippen molar-refractivity contribution in [2.45, 2.75) is 26.4 Å². The lowest BCUT2D eigenvalue weighted by molar-refractivity contribution is -0.124. The van der Waals surface area contributed by atoms with Crippen molar-refractivity contribution in [1.29, 1.82) is 0 Å². The molecule has 5 nitrogen and oxygen atoms in total. The fraction of sp³-hybridized carbons (Fsp3) is 0.231. The molecule has 0 spiro atoms. The third-order valence-electron chi connectivity index (χ3n) is 4.18. The van der Waals surface area contributed by atoms with Crippen molar-refractivity contribution in [3.8, 4) is 5.75 Å². The number of methoxy groups -OCH3 is 1. The van der Waals surface area contributed by atoms with E-state index in [0.717, 1.165) is 16.0 Å². The topological polar surface area (TPSA) is 55.8 Å². The first-order chi connectivity index (χ1) is 15.6. The van der Waals surface area contributed by atoms with Crippen LogP contribution in [-0.2, 0) is 9.53 Å². The van der Waals surface area contributed by atoms with Crippen LogP contribution in [0.4, 0.5) is 4.79 Å². The number of amides is 2. The molecule has 2 aromatic carbocycles. The molecule has 0 radical (unpaired) electrons. The maximum absolute atomic E-state index is 12.7. The Labute approximate surface area is 204 Å². The number of benzene rings is 2. The molecule has 0 atom stereocenters. The third-order valence-corrected chi connectivity index (χ3v) is 4.76. The van der Waals surface area contributed by atoms with Crippen molar-refractivity contribution in [2.24, 2.45) is 0 Å². The molecule has 0 fully saturated rings. The normalized spacial score (nSPS) is 11.9. The standard InChI is InChI=1S/C26H27Cl2NO4/c1-26(2,3)33-25(31)29(17-7-8-19-11-14-21(27)15-12-19)24(30)10-6-5-9-20-13-16-22(32-4)18-23(20)28/h5-16,18H,17H2,1-4H3/b8-7-,9-5+,10-6+. The molecule has 0 saturated heterocycles. The summed E-state index contributed by atoms with van der Waals surface area (Å²) in [5, 5.41) is 1.15. The number of allylic oxidation sites excluding steroid dienone is 2. The summed E-state index contributed by atoms with van der Waals surface area (Å²) in [7, 11) is 1.57. The Morgan fingerprint density at radius 2 is 1.70 bits per heavy atom. The minimum atomic E-state index is -0.732. The molecule has 2 amide bonds. The number of hydrogen-bond acceptors (Lipinski definition) is 4. The van der Waals surface area contributed by atoms with Gasteiger partial charge in [-0.1, -0.05) is 65.7 Å². The molecule has 33 heavy (non-hydrogen) atoms. The molecule has 0 bridgehead atoms. The number of rotatable bonds is 7. The largest absolute Gasteiger partial charge is 0.497 e. The number of imide groups is 1. The molecular weight excluding hydrogens is 461 g/mol. The zero-order valence-corrected chi connectivity index (χ0v) is 20.6. The van der Waals surface area contributed by atoms with Crippen LogP contribution in [0.25, 0.3) is 12.2 Å². The van der Waals surface area contributed by atoms with Gasteiger partial charge in [0.2, 0.25) is 0 Å². The van der Waals surface area contributed by atoms with E-state index in [9.17, 15) is 9.59 Å². The van der Waals surface area contributed by atoms with Crippen LogP contribution in [0.1, 0.15) is 31.9 Å². The smallest absolute Gasteiger partial charge is 0.417 e. The summed E-state index contributed by atoms with van der Waals surface area (Å²) in [6.45, 7) is 5.28. The minimum absolute atomic E-state index is 0.0503. The number of ether oxygens (including phenoxy) is 2. The van der Waals surface area contributed by atoms with E-state index in [1.807, 2.05) is 18.2 Å². The molecule has 0 N–H and O–H groups in total. The lowest BCUT2D eigenvalue weighted by Crippen LogP contribution is -2.40. The van der Waals surface area contributed by atoms with Gasteiger partial charge in [0, 0.05) is 11.1 Å². The molecule has 0 aliphatic carbocycles. The van der Waals surface area contributed by atoms with E-state index in [4.69, 9.17) is 32.7 Å². The molecule has 174 valence electrons. The highest BCUT2D eigenvalue weighted by molar-refractivity contribution is 6.32. The summed E-state index contributed by atoms with van der Waals surface area (Å²) >= 11 is 12.1. The highest BCUT2D eigenvalue weighted by atomic mass is 35.5. The van der Waals surface area contributed by atoms with Crippen LogP contribution in [-0.4, -0.2) is 36.2 Å². The molecule has 2 aromatic rings. The van der Waals surface area contributed by atoms with Gasteiger partial charge in [0.15, 0.2) is 0 Å². The highest BCUT2D eigenvalue weighted by Crippen LogP contribution is 2.23. The SMILES string of the molecule is COc1ccc(/C=C/C=C/C(=O)N(C/C=C\c2ccc(Cl)cc2)C(=O)OC(C)(C)C)c(Cl)c1. The van der Waals surface area contributed by atoms with Gasteiger partial charge in [-0.25, -0.2) is 9.69 Å². The van der Waals surface area contributed by atoms with Gasteiger partial charge in [-0.2, -0.15) is 0 Å². The second kappa shape index (κ2) is 12.3. The molecule has 0 aliphatic heterocycles. The Kier molecular flexibility index (Phi) is 9.76. The van der Waals surface area contributed by atoms with Crippen LogP contribution in [0.3, 0.4) is 0 Å². The summed E-state index contributed by atoms with van der Waals surface area (Å²) in [4.78, 5) is 26.4. The van der Waals surface area contributed by atoms with Crippen molar-refractivity contribution in [3.63, 3.8) is 0 Å². The summed E-state index contributed by atoms with van der Waals surface area (Å²) in [6, 6.07) is 12.5. The quantitative estimate of drug-likeness (QED) is 0.310. The van der Waals surface area contributed by atoms with Gasteiger partial charge in [-0.05, 0) is 62.2 Å².